The number of aliphatic hydroxyl groups excluding tert-OH is 1. The van der Waals surface area contributed by atoms with Crippen LogP contribution in [0.5, 0.6) is 0 Å². The number of alkyl halides is 2. The zero-order valence-corrected chi connectivity index (χ0v) is 23.0. The lowest BCUT2D eigenvalue weighted by molar-refractivity contribution is -0.645. The number of carbonyl (C=O) groups is 2. The standard InChI is InChI=1S/C29H33F2NO6S/c1-4-7-24-37-22-14-17-18-13-20(30)19-12-16(33)9-10-26(19,2)28(18,31)21(34)15-27(17,3)29(22,38-24)25(35)39-23-8-5-6-11-32(23)36/h5-6,8-12,17-18,20-22,24,34H,4,7,13-15H2,1-3H3/t17-,18-,20-,21-,22+,24+,26-,27-,28-,29-/m0/s1. The maximum absolute atomic E-state index is 17.5. The number of fused-ring (bicyclic) bond motifs is 7. The molecule has 1 aromatic rings. The van der Waals surface area contributed by atoms with Gasteiger partial charge in [-0.15, -0.1) is 0 Å². The van der Waals surface area contributed by atoms with Crippen molar-refractivity contribution in [3.63, 3.8) is 0 Å². The summed E-state index contributed by atoms with van der Waals surface area (Å²) in [5, 5.41) is 23.8. The molecule has 1 aliphatic heterocycles. The van der Waals surface area contributed by atoms with Crippen molar-refractivity contribution >= 4 is 22.7 Å². The minimum atomic E-state index is -2.26. The van der Waals surface area contributed by atoms with Gasteiger partial charge >= 0.3 is 0 Å². The molecule has 2 heterocycles. The lowest BCUT2D eigenvalue weighted by atomic mass is 9.44. The Morgan fingerprint density at radius 1 is 1.28 bits per heavy atom. The van der Waals surface area contributed by atoms with Crippen molar-refractivity contribution in [2.24, 2.45) is 22.7 Å². The van der Waals surface area contributed by atoms with Crippen LogP contribution in [0.25, 0.3) is 0 Å². The lowest BCUT2D eigenvalue weighted by Gasteiger charge is -2.63. The number of aliphatic hydroxyl groups is 1. The number of hydrogen-bond donors (Lipinski definition) is 1. The first-order valence-electron chi connectivity index (χ1n) is 13.6. The summed E-state index contributed by atoms with van der Waals surface area (Å²) in [5.41, 5.74) is -6.39. The average molecular weight is 562 g/mol. The number of hydrogen-bond acceptors (Lipinski definition) is 7. The van der Waals surface area contributed by atoms with Crippen LogP contribution in [0.1, 0.15) is 52.9 Å². The predicted molar refractivity (Wildman–Crippen MR) is 138 cm³/mol. The van der Waals surface area contributed by atoms with Crippen LogP contribution in [0.2, 0.25) is 0 Å². The second kappa shape index (κ2) is 8.93. The molecule has 0 aromatic carbocycles. The molecular weight excluding hydrogens is 528 g/mol. The van der Waals surface area contributed by atoms with Crippen molar-refractivity contribution in [1.82, 2.24) is 0 Å². The van der Waals surface area contributed by atoms with Gasteiger partial charge in [-0.3, -0.25) is 9.59 Å². The first-order valence-corrected chi connectivity index (χ1v) is 14.4. The van der Waals surface area contributed by atoms with E-state index < -0.39 is 69.5 Å². The van der Waals surface area contributed by atoms with Crippen LogP contribution in [-0.4, -0.2) is 51.9 Å². The number of pyridine rings is 1. The number of allylic oxidation sites excluding steroid dienone is 4. The summed E-state index contributed by atoms with van der Waals surface area (Å²) in [6.07, 6.45) is 1.75. The van der Waals surface area contributed by atoms with Crippen molar-refractivity contribution in [1.29, 1.82) is 0 Å². The summed E-state index contributed by atoms with van der Waals surface area (Å²) in [7, 11) is 0. The van der Waals surface area contributed by atoms with Crippen molar-refractivity contribution in [2.75, 3.05) is 0 Å². The number of halogens is 2. The van der Waals surface area contributed by atoms with E-state index in [1.54, 1.807) is 19.1 Å². The summed E-state index contributed by atoms with van der Waals surface area (Å²) < 4.78 is 46.6. The first kappa shape index (κ1) is 27.1. The maximum Gasteiger partial charge on any atom is 0.259 e. The Morgan fingerprint density at radius 3 is 2.77 bits per heavy atom. The molecule has 0 radical (unpaired) electrons. The molecule has 4 fully saturated rings. The molecule has 10 heteroatoms. The van der Waals surface area contributed by atoms with Gasteiger partial charge in [0.2, 0.25) is 5.12 Å². The van der Waals surface area contributed by atoms with E-state index in [1.165, 1.54) is 24.4 Å². The van der Waals surface area contributed by atoms with Gasteiger partial charge in [-0.1, -0.05) is 26.3 Å². The fraction of sp³-hybridized carbons (Fsp3) is 0.621. The number of aromatic nitrogens is 1. The van der Waals surface area contributed by atoms with Crippen LogP contribution in [-0.2, 0) is 19.1 Å². The average Bonchev–Trinajstić information content (AvgIpc) is 3.36. The van der Waals surface area contributed by atoms with Crippen molar-refractivity contribution in [3.8, 4) is 0 Å². The van der Waals surface area contributed by atoms with Crippen molar-refractivity contribution < 1.29 is 37.7 Å². The molecule has 39 heavy (non-hydrogen) atoms. The Bertz CT molecular complexity index is 1290. The monoisotopic (exact) mass is 561 g/mol. The Morgan fingerprint density at radius 2 is 2.05 bits per heavy atom. The van der Waals surface area contributed by atoms with Gasteiger partial charge in [0.15, 0.2) is 29.5 Å². The number of ketones is 1. The molecule has 0 unspecified atom stereocenters. The van der Waals surface area contributed by atoms with E-state index >= 15 is 8.78 Å². The maximum atomic E-state index is 17.5. The number of carbonyl (C=O) groups excluding carboxylic acids is 2. The van der Waals surface area contributed by atoms with Gasteiger partial charge in [0.05, 0.1) is 12.2 Å². The van der Waals surface area contributed by atoms with E-state index in [1.807, 2.05) is 13.8 Å². The molecule has 4 aliphatic carbocycles. The zero-order valence-electron chi connectivity index (χ0n) is 22.1. The number of nitrogens with zero attached hydrogens (tertiary/aromatic N) is 1. The van der Waals surface area contributed by atoms with Gasteiger partial charge in [-0.25, -0.2) is 8.78 Å². The third kappa shape index (κ3) is 3.41. The zero-order chi connectivity index (χ0) is 28.0. The van der Waals surface area contributed by atoms with Gasteiger partial charge < -0.3 is 19.8 Å². The highest BCUT2D eigenvalue weighted by Gasteiger charge is 2.80. The summed E-state index contributed by atoms with van der Waals surface area (Å²) in [5.74, 6) is -1.92. The van der Waals surface area contributed by atoms with Crippen LogP contribution in [0.3, 0.4) is 0 Å². The largest absolute Gasteiger partial charge is 0.618 e. The molecule has 0 spiro atoms. The summed E-state index contributed by atoms with van der Waals surface area (Å²) in [4.78, 5) is 26.3. The number of thioether (sulfide) groups is 1. The first-order chi connectivity index (χ1) is 18.4. The highest BCUT2D eigenvalue weighted by atomic mass is 32.2. The molecule has 1 N–H and O–H groups in total. The molecular formula is C29H33F2NO6S. The van der Waals surface area contributed by atoms with E-state index in [9.17, 15) is 19.9 Å². The Kier molecular flexibility index (Phi) is 6.19. The fourth-order valence-electron chi connectivity index (χ4n) is 8.40. The normalized spacial score (nSPS) is 46.2. The molecule has 7 nitrogen and oxygen atoms in total. The smallest absolute Gasteiger partial charge is 0.259 e. The van der Waals surface area contributed by atoms with E-state index in [-0.39, 0.29) is 29.9 Å². The van der Waals surface area contributed by atoms with Gasteiger partial charge in [0, 0.05) is 40.6 Å². The molecule has 210 valence electrons. The van der Waals surface area contributed by atoms with Gasteiger partial charge in [0.25, 0.3) is 5.03 Å². The molecule has 0 amide bonds. The highest BCUT2D eigenvalue weighted by molar-refractivity contribution is 8.13. The van der Waals surface area contributed by atoms with Crippen LogP contribution in [0.15, 0.2) is 53.2 Å². The van der Waals surface area contributed by atoms with E-state index in [2.05, 4.69) is 0 Å². The Labute approximate surface area is 230 Å². The second-order valence-electron chi connectivity index (χ2n) is 12.0. The molecule has 5 aliphatic rings. The second-order valence-corrected chi connectivity index (χ2v) is 13.0. The summed E-state index contributed by atoms with van der Waals surface area (Å²) in [6, 6.07) is 4.76. The Balaban J connectivity index is 1.45. The van der Waals surface area contributed by atoms with E-state index in [0.29, 0.717) is 11.2 Å². The number of rotatable bonds is 4. The minimum absolute atomic E-state index is 0.0514. The number of ether oxygens (including phenoxy) is 2. The fourth-order valence-corrected chi connectivity index (χ4v) is 9.45. The van der Waals surface area contributed by atoms with Crippen LogP contribution >= 0.6 is 11.8 Å². The molecule has 10 atom stereocenters. The van der Waals surface area contributed by atoms with E-state index in [4.69, 9.17) is 9.47 Å². The highest BCUT2D eigenvalue weighted by Crippen LogP contribution is 2.72. The lowest BCUT2D eigenvalue weighted by Crippen LogP contribution is -2.70. The van der Waals surface area contributed by atoms with Gasteiger partial charge in [-0.2, -0.15) is 4.73 Å². The van der Waals surface area contributed by atoms with Gasteiger partial charge in [-0.05, 0) is 62.3 Å². The molecule has 1 saturated heterocycles. The van der Waals surface area contributed by atoms with Crippen molar-refractivity contribution in [3.05, 3.63) is 53.4 Å². The Hall–Kier alpha value is -2.14. The topological polar surface area (TPSA) is 99.8 Å². The van der Waals surface area contributed by atoms with Crippen molar-refractivity contribution in [2.45, 2.75) is 93.8 Å². The minimum Gasteiger partial charge on any atom is -0.618 e. The predicted octanol–water partition coefficient (Wildman–Crippen LogP) is 4.15. The van der Waals surface area contributed by atoms with Crippen LogP contribution in [0.4, 0.5) is 8.78 Å². The summed E-state index contributed by atoms with van der Waals surface area (Å²) in [6.45, 7) is 5.33. The van der Waals surface area contributed by atoms with Crippen LogP contribution in [0, 0.1) is 27.9 Å². The third-order valence-corrected chi connectivity index (χ3v) is 11.2. The molecule has 3 saturated carbocycles. The molecule has 6 rings (SSSR count). The quantitative estimate of drug-likeness (QED) is 0.335. The van der Waals surface area contributed by atoms with Gasteiger partial charge in [0.1, 0.15) is 6.17 Å². The third-order valence-electron chi connectivity index (χ3n) is 10.2. The van der Waals surface area contributed by atoms with E-state index in [0.717, 1.165) is 24.3 Å². The molecule has 0 bridgehead atoms. The molecule has 1 aromatic heterocycles. The van der Waals surface area contributed by atoms with Crippen LogP contribution < -0.4 is 4.73 Å². The summed E-state index contributed by atoms with van der Waals surface area (Å²) >= 11 is 0.756. The SMILES string of the molecule is CCC[C@@H]1O[C@@H]2C[C@H]3[C@@H]4C[C@H](F)C5=CC(=O)C=C[C@]5(C)[C@@]4(F)[C@@H](O)C[C@]3(C)[C@]2(C(=O)Sc2cccc[n+]2[O-])O1.